The largest absolute Gasteiger partial charge is 0.348 e. The fourth-order valence-electron chi connectivity index (χ4n) is 3.02. The van der Waals surface area contributed by atoms with Crippen molar-refractivity contribution >= 4 is 28.7 Å². The summed E-state index contributed by atoms with van der Waals surface area (Å²) in [6, 6.07) is 17.8. The standard InChI is InChI=1S/C20H20N6OS/c1-14-23-24-20(26(14)15-8-4-3-5-9-15)28-13-19(27)21-12-18-22-16-10-6-7-11-17(16)25(18)2/h3-11H,12-13H2,1-2H3,(H,21,27). The summed E-state index contributed by atoms with van der Waals surface area (Å²) < 4.78 is 3.95. The van der Waals surface area contributed by atoms with E-state index in [0.717, 1.165) is 28.4 Å². The maximum atomic E-state index is 12.3. The van der Waals surface area contributed by atoms with Gasteiger partial charge in [-0.25, -0.2) is 4.98 Å². The molecule has 4 aromatic rings. The van der Waals surface area contributed by atoms with Gasteiger partial charge >= 0.3 is 0 Å². The van der Waals surface area contributed by atoms with E-state index in [-0.39, 0.29) is 11.7 Å². The first kappa shape index (κ1) is 18.2. The molecular weight excluding hydrogens is 372 g/mol. The Balaban J connectivity index is 1.39. The van der Waals surface area contributed by atoms with Crippen LogP contribution in [-0.4, -0.2) is 36.0 Å². The summed E-state index contributed by atoms with van der Waals surface area (Å²) >= 11 is 1.37. The number of rotatable bonds is 6. The van der Waals surface area contributed by atoms with Gasteiger partial charge in [-0.2, -0.15) is 0 Å². The second kappa shape index (κ2) is 7.85. The lowest BCUT2D eigenvalue weighted by Crippen LogP contribution is -2.26. The normalized spacial score (nSPS) is 11.1. The molecule has 0 unspecified atom stereocenters. The van der Waals surface area contributed by atoms with Crippen LogP contribution in [0.2, 0.25) is 0 Å². The van der Waals surface area contributed by atoms with Crippen molar-refractivity contribution in [3.63, 3.8) is 0 Å². The van der Waals surface area contributed by atoms with E-state index in [0.29, 0.717) is 11.7 Å². The number of nitrogens with zero attached hydrogens (tertiary/aromatic N) is 5. The molecule has 2 aromatic heterocycles. The molecule has 0 aliphatic rings. The summed E-state index contributed by atoms with van der Waals surface area (Å²) in [5.41, 5.74) is 2.95. The maximum Gasteiger partial charge on any atom is 0.230 e. The molecule has 0 aliphatic carbocycles. The predicted molar refractivity (Wildman–Crippen MR) is 109 cm³/mol. The maximum absolute atomic E-state index is 12.3. The number of hydrogen-bond acceptors (Lipinski definition) is 5. The zero-order chi connectivity index (χ0) is 19.5. The third-order valence-electron chi connectivity index (χ3n) is 4.47. The number of hydrogen-bond donors (Lipinski definition) is 1. The lowest BCUT2D eigenvalue weighted by molar-refractivity contribution is -0.118. The van der Waals surface area contributed by atoms with Gasteiger partial charge in [0.15, 0.2) is 5.16 Å². The Hall–Kier alpha value is -3.13. The van der Waals surface area contributed by atoms with Crippen LogP contribution in [0.4, 0.5) is 0 Å². The third kappa shape index (κ3) is 3.63. The molecule has 1 amide bonds. The number of imidazole rings is 1. The summed E-state index contributed by atoms with van der Waals surface area (Å²) in [6.45, 7) is 2.28. The molecule has 0 radical (unpaired) electrons. The molecular formula is C20H20N6OS. The van der Waals surface area contributed by atoms with E-state index in [1.165, 1.54) is 11.8 Å². The fraction of sp³-hybridized carbons (Fsp3) is 0.200. The second-order valence-electron chi connectivity index (χ2n) is 6.34. The van der Waals surface area contributed by atoms with Crippen LogP contribution in [0.5, 0.6) is 0 Å². The molecule has 0 atom stereocenters. The molecule has 2 heterocycles. The van der Waals surface area contributed by atoms with Gasteiger partial charge < -0.3 is 9.88 Å². The number of aryl methyl sites for hydroxylation is 2. The molecule has 0 saturated heterocycles. The molecule has 142 valence electrons. The average Bonchev–Trinajstić information content (AvgIpc) is 3.25. The highest BCUT2D eigenvalue weighted by Gasteiger charge is 2.14. The van der Waals surface area contributed by atoms with Crippen LogP contribution in [0.3, 0.4) is 0 Å². The molecule has 1 N–H and O–H groups in total. The van der Waals surface area contributed by atoms with E-state index in [9.17, 15) is 4.79 Å². The second-order valence-corrected chi connectivity index (χ2v) is 7.28. The van der Waals surface area contributed by atoms with Crippen LogP contribution >= 0.6 is 11.8 Å². The zero-order valence-electron chi connectivity index (χ0n) is 15.7. The van der Waals surface area contributed by atoms with Gasteiger partial charge in [-0.05, 0) is 31.2 Å². The minimum Gasteiger partial charge on any atom is -0.348 e. The summed E-state index contributed by atoms with van der Waals surface area (Å²) in [6.07, 6.45) is 0. The molecule has 7 nitrogen and oxygen atoms in total. The van der Waals surface area contributed by atoms with E-state index < -0.39 is 0 Å². The van der Waals surface area contributed by atoms with Crippen molar-refractivity contribution in [3.05, 3.63) is 66.2 Å². The summed E-state index contributed by atoms with van der Waals surface area (Å²) in [4.78, 5) is 16.9. The number of thioether (sulfide) groups is 1. The van der Waals surface area contributed by atoms with E-state index in [1.807, 2.05) is 77.7 Å². The number of carbonyl (C=O) groups is 1. The van der Waals surface area contributed by atoms with Crippen molar-refractivity contribution in [1.29, 1.82) is 0 Å². The van der Waals surface area contributed by atoms with Crippen molar-refractivity contribution in [2.24, 2.45) is 7.05 Å². The smallest absolute Gasteiger partial charge is 0.230 e. The molecule has 0 fully saturated rings. The Morgan fingerprint density at radius 3 is 2.61 bits per heavy atom. The lowest BCUT2D eigenvalue weighted by Gasteiger charge is -2.08. The average molecular weight is 392 g/mol. The van der Waals surface area contributed by atoms with Crippen molar-refractivity contribution in [2.75, 3.05) is 5.75 Å². The summed E-state index contributed by atoms with van der Waals surface area (Å²) in [5, 5.41) is 12.0. The van der Waals surface area contributed by atoms with Crippen molar-refractivity contribution < 1.29 is 4.79 Å². The molecule has 0 spiro atoms. The van der Waals surface area contributed by atoms with E-state index in [2.05, 4.69) is 20.5 Å². The number of fused-ring (bicyclic) bond motifs is 1. The Kier molecular flexibility index (Phi) is 5.12. The number of amides is 1. The Morgan fingerprint density at radius 1 is 1.07 bits per heavy atom. The third-order valence-corrected chi connectivity index (χ3v) is 5.39. The van der Waals surface area contributed by atoms with E-state index in [4.69, 9.17) is 0 Å². The molecule has 4 rings (SSSR count). The highest BCUT2D eigenvalue weighted by atomic mass is 32.2. The number of para-hydroxylation sites is 3. The van der Waals surface area contributed by atoms with Crippen LogP contribution in [0, 0.1) is 6.92 Å². The highest BCUT2D eigenvalue weighted by molar-refractivity contribution is 7.99. The molecule has 28 heavy (non-hydrogen) atoms. The van der Waals surface area contributed by atoms with Gasteiger partial charge in [-0.15, -0.1) is 10.2 Å². The SMILES string of the molecule is Cc1nnc(SCC(=O)NCc2nc3ccccc3n2C)n1-c1ccccc1. The fourth-order valence-corrected chi connectivity index (χ4v) is 3.85. The number of carbonyl (C=O) groups excluding carboxylic acids is 1. The number of nitrogens with one attached hydrogen (secondary N) is 1. The predicted octanol–water partition coefficient (Wildman–Crippen LogP) is 2.87. The van der Waals surface area contributed by atoms with Gasteiger partial charge in [0.1, 0.15) is 11.6 Å². The van der Waals surface area contributed by atoms with E-state index >= 15 is 0 Å². The molecule has 2 aromatic carbocycles. The minimum atomic E-state index is -0.0719. The van der Waals surface area contributed by atoms with Gasteiger partial charge in [-0.1, -0.05) is 42.1 Å². The van der Waals surface area contributed by atoms with Crippen molar-refractivity contribution in [1.82, 2.24) is 29.6 Å². The minimum absolute atomic E-state index is 0.0719. The van der Waals surface area contributed by atoms with Crippen molar-refractivity contribution in [2.45, 2.75) is 18.6 Å². The van der Waals surface area contributed by atoms with Gasteiger partial charge in [-0.3, -0.25) is 9.36 Å². The number of aromatic nitrogens is 5. The van der Waals surface area contributed by atoms with Crippen LogP contribution < -0.4 is 5.32 Å². The van der Waals surface area contributed by atoms with Gasteiger partial charge in [0, 0.05) is 12.7 Å². The first-order chi connectivity index (χ1) is 13.6. The first-order valence-electron chi connectivity index (χ1n) is 8.91. The first-order valence-corrected chi connectivity index (χ1v) is 9.89. The molecule has 8 heteroatoms. The van der Waals surface area contributed by atoms with Gasteiger partial charge in [0.2, 0.25) is 5.91 Å². The lowest BCUT2D eigenvalue weighted by atomic mass is 10.3. The summed E-state index contributed by atoms with van der Waals surface area (Å²) in [7, 11) is 1.96. The van der Waals surface area contributed by atoms with Crippen LogP contribution in [-0.2, 0) is 18.4 Å². The topological polar surface area (TPSA) is 77.6 Å². The van der Waals surface area contributed by atoms with Crippen LogP contribution in [0.25, 0.3) is 16.7 Å². The highest BCUT2D eigenvalue weighted by Crippen LogP contribution is 2.21. The molecule has 0 aliphatic heterocycles. The van der Waals surface area contributed by atoms with Crippen LogP contribution in [0.1, 0.15) is 11.6 Å². The van der Waals surface area contributed by atoms with Gasteiger partial charge in [0.25, 0.3) is 0 Å². The monoisotopic (exact) mass is 392 g/mol. The Morgan fingerprint density at radius 2 is 1.82 bits per heavy atom. The molecule has 0 bridgehead atoms. The molecule has 0 saturated carbocycles. The Labute approximate surface area is 166 Å². The van der Waals surface area contributed by atoms with E-state index in [1.54, 1.807) is 0 Å². The summed E-state index contributed by atoms with van der Waals surface area (Å²) in [5.74, 6) is 1.79. The van der Waals surface area contributed by atoms with Gasteiger partial charge in [0.05, 0.1) is 23.3 Å². The zero-order valence-corrected chi connectivity index (χ0v) is 16.5. The number of benzene rings is 2. The Bertz CT molecular complexity index is 1120. The quantitative estimate of drug-likeness (QED) is 0.511. The van der Waals surface area contributed by atoms with Crippen molar-refractivity contribution in [3.8, 4) is 5.69 Å². The van der Waals surface area contributed by atoms with Crippen LogP contribution in [0.15, 0.2) is 59.8 Å².